The van der Waals surface area contributed by atoms with Crippen LogP contribution < -0.4 is 19.3 Å². The topological polar surface area (TPSA) is 109 Å². The molecule has 1 N–H and O–H groups in total. The number of hydrogen-bond donors (Lipinski definition) is 1. The Bertz CT molecular complexity index is 1680. The van der Waals surface area contributed by atoms with Crippen molar-refractivity contribution in [3.05, 3.63) is 110 Å². The summed E-state index contributed by atoms with van der Waals surface area (Å²) in [5, 5.41) is 10.9. The van der Waals surface area contributed by atoms with Crippen molar-refractivity contribution in [2.24, 2.45) is 11.8 Å². The van der Waals surface area contributed by atoms with Crippen LogP contribution in [0.5, 0.6) is 11.5 Å². The molecule has 0 aromatic heterocycles. The van der Waals surface area contributed by atoms with E-state index >= 15 is 4.79 Å². The molecular formula is C39H43N3O7. The van der Waals surface area contributed by atoms with E-state index in [4.69, 9.17) is 14.2 Å². The number of fused-ring (bicyclic) bond motifs is 1. The maximum absolute atomic E-state index is 15.0. The Morgan fingerprint density at radius 3 is 2.10 bits per heavy atom. The minimum Gasteiger partial charge on any atom is -0.497 e. The highest BCUT2D eigenvalue weighted by Gasteiger charge is 2.75. The highest BCUT2D eigenvalue weighted by atomic mass is 16.5. The van der Waals surface area contributed by atoms with Crippen molar-refractivity contribution in [1.29, 1.82) is 0 Å². The van der Waals surface area contributed by atoms with Crippen LogP contribution in [0.1, 0.15) is 31.4 Å². The second kappa shape index (κ2) is 14.3. The molecule has 0 radical (unpaired) electrons. The molecule has 6 rings (SSSR count). The van der Waals surface area contributed by atoms with E-state index in [1.165, 1.54) is 4.90 Å². The Balaban J connectivity index is 1.44. The summed E-state index contributed by atoms with van der Waals surface area (Å²) in [4.78, 5) is 49.3. The molecule has 6 atom stereocenters. The molecule has 10 nitrogen and oxygen atoms in total. The summed E-state index contributed by atoms with van der Waals surface area (Å²) in [6.45, 7) is 10.1. The Morgan fingerprint density at radius 2 is 1.55 bits per heavy atom. The van der Waals surface area contributed by atoms with Crippen LogP contribution in [-0.4, -0.2) is 78.9 Å². The molecule has 3 fully saturated rings. The maximum Gasteiger partial charge on any atom is 0.253 e. The van der Waals surface area contributed by atoms with Crippen LogP contribution in [0, 0.1) is 11.8 Å². The summed E-state index contributed by atoms with van der Waals surface area (Å²) in [7, 11) is 1.57. The van der Waals surface area contributed by atoms with Gasteiger partial charge in [-0.3, -0.25) is 14.4 Å². The van der Waals surface area contributed by atoms with E-state index in [-0.39, 0.29) is 30.8 Å². The summed E-state index contributed by atoms with van der Waals surface area (Å²) < 4.78 is 17.7. The van der Waals surface area contributed by atoms with Crippen LogP contribution in [-0.2, 0) is 19.1 Å². The van der Waals surface area contributed by atoms with Crippen molar-refractivity contribution in [3.63, 3.8) is 0 Å². The number of hydrogen-bond acceptors (Lipinski definition) is 7. The highest BCUT2D eigenvalue weighted by molar-refractivity contribution is 6.06. The zero-order chi connectivity index (χ0) is 34.7. The third-order valence-electron chi connectivity index (χ3n) is 9.95. The molecule has 3 amide bonds. The van der Waals surface area contributed by atoms with Crippen LogP contribution in [0.25, 0.3) is 0 Å². The van der Waals surface area contributed by atoms with Crippen LogP contribution in [0.2, 0.25) is 0 Å². The Hall–Kier alpha value is -4.93. The van der Waals surface area contributed by atoms with Crippen molar-refractivity contribution < 1.29 is 33.7 Å². The molecule has 3 aromatic carbocycles. The number of methoxy groups -OCH3 is 1. The number of aliphatic hydroxyl groups excluding tert-OH is 1. The molecule has 49 heavy (non-hydrogen) atoms. The first-order valence-electron chi connectivity index (χ1n) is 16.7. The van der Waals surface area contributed by atoms with Gasteiger partial charge in [-0.15, -0.1) is 13.2 Å². The van der Waals surface area contributed by atoms with Gasteiger partial charge in [-0.2, -0.15) is 0 Å². The molecule has 256 valence electrons. The molecule has 3 saturated heterocycles. The number of ether oxygens (including phenoxy) is 3. The second-order valence-electron chi connectivity index (χ2n) is 12.5. The van der Waals surface area contributed by atoms with Gasteiger partial charge in [0.05, 0.1) is 44.3 Å². The Kier molecular flexibility index (Phi) is 9.89. The fourth-order valence-corrected chi connectivity index (χ4v) is 7.90. The number of carbonyl (C=O) groups excluding carboxylic acids is 3. The van der Waals surface area contributed by atoms with Gasteiger partial charge in [-0.25, -0.2) is 0 Å². The normalized spacial score (nSPS) is 24.2. The summed E-state index contributed by atoms with van der Waals surface area (Å²) in [6.07, 6.45) is 3.62. The SMILES string of the molecule is C=CCN(C(=O)C1N([C@H](CO)c2ccccc2)C(=O)[C@@H]2[C@@H](C(=O)N(CC=C)c3ccc(OCC)cc3)[C@H]3CCC12O3)c1ccc(OC)cc1. The van der Waals surface area contributed by atoms with Gasteiger partial charge in [0.1, 0.15) is 23.1 Å². The molecule has 0 saturated carbocycles. The van der Waals surface area contributed by atoms with E-state index in [9.17, 15) is 14.7 Å². The molecule has 3 aliphatic rings. The number of aliphatic hydroxyl groups is 1. The average Bonchev–Trinajstić information content (AvgIpc) is 3.78. The maximum atomic E-state index is 15.0. The molecule has 3 aliphatic heterocycles. The number of anilines is 2. The van der Waals surface area contributed by atoms with Crippen molar-refractivity contribution in [3.8, 4) is 11.5 Å². The molecular weight excluding hydrogens is 622 g/mol. The van der Waals surface area contributed by atoms with E-state index in [1.54, 1.807) is 65.5 Å². The van der Waals surface area contributed by atoms with Gasteiger partial charge in [-0.1, -0.05) is 42.5 Å². The van der Waals surface area contributed by atoms with Crippen molar-refractivity contribution in [2.75, 3.05) is 43.2 Å². The number of carbonyl (C=O) groups is 3. The lowest BCUT2D eigenvalue weighted by Crippen LogP contribution is -2.57. The smallest absolute Gasteiger partial charge is 0.253 e. The Morgan fingerprint density at radius 1 is 0.959 bits per heavy atom. The zero-order valence-corrected chi connectivity index (χ0v) is 27.9. The highest BCUT2D eigenvalue weighted by Crippen LogP contribution is 2.60. The predicted octanol–water partition coefficient (Wildman–Crippen LogP) is 4.94. The van der Waals surface area contributed by atoms with Crippen LogP contribution in [0.4, 0.5) is 11.4 Å². The summed E-state index contributed by atoms with van der Waals surface area (Å²) in [5.41, 5.74) is 0.610. The van der Waals surface area contributed by atoms with Gasteiger partial charge in [0, 0.05) is 24.5 Å². The van der Waals surface area contributed by atoms with Crippen LogP contribution in [0.3, 0.4) is 0 Å². The number of benzene rings is 3. The number of nitrogens with zero attached hydrogens (tertiary/aromatic N) is 3. The number of rotatable bonds is 14. The molecule has 2 bridgehead atoms. The van der Waals surface area contributed by atoms with Crippen molar-refractivity contribution in [1.82, 2.24) is 4.90 Å². The minimum atomic E-state index is -1.29. The quantitative estimate of drug-likeness (QED) is 0.243. The van der Waals surface area contributed by atoms with Gasteiger partial charge < -0.3 is 34.0 Å². The first kappa shape index (κ1) is 34.0. The van der Waals surface area contributed by atoms with E-state index in [0.717, 1.165) is 0 Å². The van der Waals surface area contributed by atoms with Gasteiger partial charge in [0.15, 0.2) is 0 Å². The van der Waals surface area contributed by atoms with Crippen LogP contribution in [0.15, 0.2) is 104 Å². The van der Waals surface area contributed by atoms with Crippen LogP contribution >= 0.6 is 0 Å². The van der Waals surface area contributed by atoms with Gasteiger partial charge in [-0.05, 0) is 73.9 Å². The average molecular weight is 666 g/mol. The fraction of sp³-hybridized carbons (Fsp3) is 0.359. The molecule has 10 heteroatoms. The standard InChI is InChI=1S/C39H43N3O7/c1-5-23-40(27-15-19-30(20-16-27)48-7-3)36(44)33-32-21-22-39(49-32)34(33)37(45)42(31(25-43)26-11-9-8-10-12-26)35(39)38(46)41(24-6-2)28-13-17-29(47-4)18-14-28/h5-6,8-20,31-35,43H,1-2,7,21-25H2,3-4H3/t31-,32-,33+,34+,35?,39?/m1/s1. The summed E-state index contributed by atoms with van der Waals surface area (Å²) >= 11 is 0. The molecule has 0 aliphatic carbocycles. The van der Waals surface area contributed by atoms with Crippen molar-refractivity contribution in [2.45, 2.75) is 43.6 Å². The van der Waals surface area contributed by atoms with Gasteiger partial charge in [0.2, 0.25) is 11.8 Å². The summed E-state index contributed by atoms with van der Waals surface area (Å²) in [6, 6.07) is 21.5. The van der Waals surface area contributed by atoms with E-state index in [1.807, 2.05) is 49.4 Å². The third kappa shape index (κ3) is 5.89. The lowest BCUT2D eigenvalue weighted by molar-refractivity contribution is -0.144. The van der Waals surface area contributed by atoms with E-state index in [2.05, 4.69) is 13.2 Å². The molecule has 1 spiro atoms. The van der Waals surface area contributed by atoms with Gasteiger partial charge >= 0.3 is 0 Å². The largest absolute Gasteiger partial charge is 0.497 e. The second-order valence-corrected chi connectivity index (χ2v) is 12.5. The zero-order valence-electron chi connectivity index (χ0n) is 27.9. The molecule has 2 unspecified atom stereocenters. The minimum absolute atomic E-state index is 0.163. The number of likely N-dealkylation sites (tertiary alicyclic amines) is 1. The lowest BCUT2D eigenvalue weighted by Gasteiger charge is -2.39. The first-order valence-corrected chi connectivity index (χ1v) is 16.7. The lowest BCUT2D eigenvalue weighted by atomic mass is 9.70. The predicted molar refractivity (Wildman–Crippen MR) is 186 cm³/mol. The van der Waals surface area contributed by atoms with E-state index in [0.29, 0.717) is 47.9 Å². The summed E-state index contributed by atoms with van der Waals surface area (Å²) in [5.74, 6) is -1.52. The molecule has 3 aromatic rings. The monoisotopic (exact) mass is 665 g/mol. The Labute approximate surface area is 287 Å². The van der Waals surface area contributed by atoms with E-state index < -0.39 is 42.2 Å². The number of amides is 3. The third-order valence-corrected chi connectivity index (χ3v) is 9.95. The first-order chi connectivity index (χ1) is 23.8. The molecule has 3 heterocycles. The van der Waals surface area contributed by atoms with Gasteiger partial charge in [0.25, 0.3) is 5.91 Å². The fourth-order valence-electron chi connectivity index (χ4n) is 7.90. The van der Waals surface area contributed by atoms with Crippen molar-refractivity contribution >= 4 is 29.1 Å².